The first-order valence-electron chi connectivity index (χ1n) is 5.55. The maximum absolute atomic E-state index is 5.54. The van der Waals surface area contributed by atoms with Crippen LogP contribution in [0.15, 0.2) is 40.6 Å². The van der Waals surface area contributed by atoms with E-state index < -0.39 is 0 Å². The fourth-order valence-corrected chi connectivity index (χ4v) is 2.42. The van der Waals surface area contributed by atoms with Crippen LogP contribution >= 0.6 is 11.8 Å². The zero-order valence-electron chi connectivity index (χ0n) is 10.1. The molecule has 2 aromatic heterocycles. The lowest BCUT2D eigenvalue weighted by Crippen LogP contribution is -1.94. The van der Waals surface area contributed by atoms with Crippen LogP contribution in [0.5, 0.6) is 5.75 Å². The SMILES string of the molecule is COc1ccc2nc(Sc3ccnc(N)n3)[nH]c2c1. The van der Waals surface area contributed by atoms with Gasteiger partial charge in [-0.15, -0.1) is 0 Å². The van der Waals surface area contributed by atoms with Gasteiger partial charge in [0.15, 0.2) is 5.16 Å². The summed E-state index contributed by atoms with van der Waals surface area (Å²) in [5.74, 6) is 1.04. The van der Waals surface area contributed by atoms with Gasteiger partial charge in [-0.2, -0.15) is 0 Å². The molecule has 3 aromatic rings. The molecule has 0 amide bonds. The lowest BCUT2D eigenvalue weighted by Gasteiger charge is -1.97. The van der Waals surface area contributed by atoms with Crippen LogP contribution in [0.3, 0.4) is 0 Å². The molecule has 0 fully saturated rings. The number of nitrogens with zero attached hydrogens (tertiary/aromatic N) is 3. The number of nitrogens with two attached hydrogens (primary N) is 1. The zero-order valence-corrected chi connectivity index (χ0v) is 10.9. The molecule has 3 N–H and O–H groups in total. The van der Waals surface area contributed by atoms with Crippen molar-refractivity contribution >= 4 is 28.7 Å². The zero-order chi connectivity index (χ0) is 13.2. The van der Waals surface area contributed by atoms with Crippen LogP contribution in [-0.4, -0.2) is 27.0 Å². The van der Waals surface area contributed by atoms with Crippen LogP contribution in [0.2, 0.25) is 0 Å². The number of benzene rings is 1. The Morgan fingerprint density at radius 3 is 2.95 bits per heavy atom. The first-order chi connectivity index (χ1) is 9.24. The average molecular weight is 273 g/mol. The molecule has 0 saturated heterocycles. The molecule has 1 aromatic carbocycles. The van der Waals surface area contributed by atoms with Crippen molar-refractivity contribution in [2.75, 3.05) is 12.8 Å². The first-order valence-corrected chi connectivity index (χ1v) is 6.36. The lowest BCUT2D eigenvalue weighted by atomic mass is 10.3. The summed E-state index contributed by atoms with van der Waals surface area (Å²) in [4.78, 5) is 15.6. The number of aromatic amines is 1. The number of rotatable bonds is 3. The molecule has 2 heterocycles. The predicted molar refractivity (Wildman–Crippen MR) is 73.2 cm³/mol. The van der Waals surface area contributed by atoms with Gasteiger partial charge in [0.1, 0.15) is 10.8 Å². The van der Waals surface area contributed by atoms with Gasteiger partial charge >= 0.3 is 0 Å². The summed E-state index contributed by atoms with van der Waals surface area (Å²) in [6.07, 6.45) is 1.62. The predicted octanol–water partition coefficient (Wildman–Crippen LogP) is 2.09. The van der Waals surface area contributed by atoms with Gasteiger partial charge in [-0.3, -0.25) is 0 Å². The van der Waals surface area contributed by atoms with Crippen molar-refractivity contribution in [3.63, 3.8) is 0 Å². The monoisotopic (exact) mass is 273 g/mol. The molecule has 0 spiro atoms. The molecule has 0 aliphatic carbocycles. The van der Waals surface area contributed by atoms with Crippen LogP contribution in [0.1, 0.15) is 0 Å². The van der Waals surface area contributed by atoms with Crippen molar-refractivity contribution in [2.24, 2.45) is 0 Å². The van der Waals surface area contributed by atoms with Crippen LogP contribution < -0.4 is 10.5 Å². The van der Waals surface area contributed by atoms with Crippen molar-refractivity contribution in [1.82, 2.24) is 19.9 Å². The second-order valence-corrected chi connectivity index (χ2v) is 4.79. The summed E-state index contributed by atoms with van der Waals surface area (Å²) in [5.41, 5.74) is 7.34. The number of methoxy groups -OCH3 is 1. The molecule has 0 aliphatic heterocycles. The fourth-order valence-electron chi connectivity index (χ4n) is 1.65. The van der Waals surface area contributed by atoms with E-state index in [2.05, 4.69) is 19.9 Å². The number of hydrogen-bond acceptors (Lipinski definition) is 6. The second-order valence-electron chi connectivity index (χ2n) is 3.78. The molecular weight excluding hydrogens is 262 g/mol. The topological polar surface area (TPSA) is 89.7 Å². The van der Waals surface area contributed by atoms with Crippen LogP contribution in [-0.2, 0) is 0 Å². The minimum absolute atomic E-state index is 0.253. The Hall–Kier alpha value is -2.28. The van der Waals surface area contributed by atoms with Crippen LogP contribution in [0.4, 0.5) is 5.95 Å². The summed E-state index contributed by atoms with van der Waals surface area (Å²) in [5, 5.41) is 1.50. The Bertz CT molecular complexity index is 727. The molecule has 0 saturated carbocycles. The Morgan fingerprint density at radius 1 is 1.26 bits per heavy atom. The average Bonchev–Trinajstić information content (AvgIpc) is 2.79. The molecule has 96 valence electrons. The second kappa shape index (κ2) is 4.77. The molecule has 3 rings (SSSR count). The summed E-state index contributed by atoms with van der Waals surface area (Å²) >= 11 is 1.40. The highest BCUT2D eigenvalue weighted by atomic mass is 32.2. The van der Waals surface area contributed by atoms with E-state index in [1.807, 2.05) is 18.2 Å². The van der Waals surface area contributed by atoms with Gasteiger partial charge in [-0.1, -0.05) is 0 Å². The number of anilines is 1. The van der Waals surface area contributed by atoms with Gasteiger partial charge < -0.3 is 15.5 Å². The molecule has 7 heteroatoms. The molecule has 0 aliphatic rings. The van der Waals surface area contributed by atoms with Crippen LogP contribution in [0, 0.1) is 0 Å². The number of imidazole rings is 1. The molecular formula is C12H11N5OS. The van der Waals surface area contributed by atoms with Crippen molar-refractivity contribution in [3.05, 3.63) is 30.5 Å². The van der Waals surface area contributed by atoms with E-state index in [4.69, 9.17) is 10.5 Å². The van der Waals surface area contributed by atoms with Crippen molar-refractivity contribution in [1.29, 1.82) is 0 Å². The number of ether oxygens (including phenoxy) is 1. The lowest BCUT2D eigenvalue weighted by molar-refractivity contribution is 0.415. The summed E-state index contributed by atoms with van der Waals surface area (Å²) < 4.78 is 5.17. The van der Waals surface area contributed by atoms with Gasteiger partial charge in [0.2, 0.25) is 5.95 Å². The summed E-state index contributed by atoms with van der Waals surface area (Å²) in [6, 6.07) is 7.47. The third-order valence-electron chi connectivity index (χ3n) is 2.52. The number of H-pyrrole nitrogens is 1. The Labute approximate surface area is 113 Å². The molecule has 0 bridgehead atoms. The van der Waals surface area contributed by atoms with E-state index in [1.165, 1.54) is 11.8 Å². The molecule has 0 radical (unpaired) electrons. The van der Waals surface area contributed by atoms with Gasteiger partial charge in [0, 0.05) is 12.3 Å². The molecule has 6 nitrogen and oxygen atoms in total. The smallest absolute Gasteiger partial charge is 0.221 e. The van der Waals surface area contributed by atoms with Gasteiger partial charge in [-0.05, 0) is 30.0 Å². The van der Waals surface area contributed by atoms with E-state index in [9.17, 15) is 0 Å². The Balaban J connectivity index is 1.93. The van der Waals surface area contributed by atoms with E-state index in [-0.39, 0.29) is 5.95 Å². The first kappa shape index (κ1) is 11.8. The Morgan fingerprint density at radius 2 is 2.16 bits per heavy atom. The number of aromatic nitrogens is 4. The fraction of sp³-hybridized carbons (Fsp3) is 0.0833. The Kier molecular flexibility index (Phi) is 2.96. The number of nitrogens with one attached hydrogen (secondary N) is 1. The number of hydrogen-bond donors (Lipinski definition) is 2. The minimum Gasteiger partial charge on any atom is -0.497 e. The van der Waals surface area contributed by atoms with E-state index >= 15 is 0 Å². The highest BCUT2D eigenvalue weighted by Crippen LogP contribution is 2.27. The quantitative estimate of drug-likeness (QED) is 0.710. The molecule has 19 heavy (non-hydrogen) atoms. The summed E-state index contributed by atoms with van der Waals surface area (Å²) in [7, 11) is 1.64. The van der Waals surface area contributed by atoms with Crippen molar-refractivity contribution in [2.45, 2.75) is 10.2 Å². The molecule has 0 atom stereocenters. The molecule has 0 unspecified atom stereocenters. The number of nitrogen functional groups attached to an aromatic ring is 1. The third-order valence-corrected chi connectivity index (χ3v) is 3.34. The third kappa shape index (κ3) is 2.45. The maximum atomic E-state index is 5.54. The highest BCUT2D eigenvalue weighted by Gasteiger charge is 2.07. The number of fused-ring (bicyclic) bond motifs is 1. The van der Waals surface area contributed by atoms with Gasteiger partial charge in [0.25, 0.3) is 0 Å². The van der Waals surface area contributed by atoms with Gasteiger partial charge in [-0.25, -0.2) is 15.0 Å². The van der Waals surface area contributed by atoms with Gasteiger partial charge in [0.05, 0.1) is 18.1 Å². The van der Waals surface area contributed by atoms with E-state index in [1.54, 1.807) is 19.4 Å². The van der Waals surface area contributed by atoms with Crippen molar-refractivity contribution < 1.29 is 4.74 Å². The maximum Gasteiger partial charge on any atom is 0.221 e. The van der Waals surface area contributed by atoms with Crippen molar-refractivity contribution in [3.8, 4) is 5.75 Å². The van der Waals surface area contributed by atoms with Crippen LogP contribution in [0.25, 0.3) is 11.0 Å². The largest absolute Gasteiger partial charge is 0.497 e. The van der Waals surface area contributed by atoms with E-state index in [0.29, 0.717) is 0 Å². The summed E-state index contributed by atoms with van der Waals surface area (Å²) in [6.45, 7) is 0. The standard InChI is InChI=1S/C12H11N5OS/c1-18-7-2-3-8-9(6-7)16-12(15-8)19-10-4-5-14-11(13)17-10/h2-6H,1H3,(H,15,16)(H2,13,14,17). The van der Waals surface area contributed by atoms with E-state index in [0.717, 1.165) is 27.0 Å². The normalized spacial score (nSPS) is 10.8. The highest BCUT2D eigenvalue weighted by molar-refractivity contribution is 7.99. The minimum atomic E-state index is 0.253.